The summed E-state index contributed by atoms with van der Waals surface area (Å²) in [5.41, 5.74) is 0.156. The Balaban J connectivity index is 2.51. The number of fused-ring (bicyclic) bond motifs is 2. The Labute approximate surface area is 95.8 Å². The standard InChI is InChI=1S/C12H8FN3O/c13-7-3-1-4-8-10(7)12(17)16-9-5-2-6-14-11(9)15-8/h1-5H,6H2,(H,14,15). The Morgan fingerprint density at radius 1 is 1.29 bits per heavy atom. The molecule has 0 saturated carbocycles. The van der Waals surface area contributed by atoms with Crippen molar-refractivity contribution in [3.05, 3.63) is 46.1 Å². The highest BCUT2D eigenvalue weighted by molar-refractivity contribution is 5.80. The number of anilines is 1. The minimum absolute atomic E-state index is 0.0721. The number of rotatable bonds is 0. The molecule has 0 bridgehead atoms. The van der Waals surface area contributed by atoms with Crippen LogP contribution in [0.25, 0.3) is 17.0 Å². The van der Waals surface area contributed by atoms with Crippen LogP contribution in [-0.4, -0.2) is 16.5 Å². The van der Waals surface area contributed by atoms with Crippen LogP contribution in [0.4, 0.5) is 10.2 Å². The average molecular weight is 229 g/mol. The molecule has 17 heavy (non-hydrogen) atoms. The summed E-state index contributed by atoms with van der Waals surface area (Å²) in [6.07, 6.45) is 3.54. The topological polar surface area (TPSA) is 54.9 Å². The van der Waals surface area contributed by atoms with Gasteiger partial charge in [-0.25, -0.2) is 14.4 Å². The van der Waals surface area contributed by atoms with Gasteiger partial charge in [-0.1, -0.05) is 12.1 Å². The predicted molar refractivity (Wildman–Crippen MR) is 63.3 cm³/mol. The summed E-state index contributed by atoms with van der Waals surface area (Å²) in [5, 5.41) is 2.93. The molecule has 0 radical (unpaired) electrons. The third-order valence-corrected chi connectivity index (χ3v) is 2.57. The molecule has 1 aliphatic rings. The van der Waals surface area contributed by atoms with Gasteiger partial charge < -0.3 is 5.32 Å². The van der Waals surface area contributed by atoms with E-state index in [0.29, 0.717) is 23.6 Å². The monoisotopic (exact) mass is 229 g/mol. The van der Waals surface area contributed by atoms with Crippen LogP contribution in [0.1, 0.15) is 5.69 Å². The molecule has 2 heterocycles. The van der Waals surface area contributed by atoms with E-state index in [1.165, 1.54) is 12.1 Å². The zero-order valence-electron chi connectivity index (χ0n) is 8.77. The summed E-state index contributed by atoms with van der Waals surface area (Å²) < 4.78 is 13.6. The predicted octanol–water partition coefficient (Wildman–Crippen LogP) is 1.57. The van der Waals surface area contributed by atoms with E-state index in [-0.39, 0.29) is 5.39 Å². The first-order valence-corrected chi connectivity index (χ1v) is 5.17. The smallest absolute Gasteiger partial charge is 0.282 e. The van der Waals surface area contributed by atoms with Crippen LogP contribution < -0.4 is 10.9 Å². The van der Waals surface area contributed by atoms with E-state index in [0.717, 1.165) is 0 Å². The van der Waals surface area contributed by atoms with Gasteiger partial charge in [0.15, 0.2) is 5.82 Å². The molecular formula is C12H8FN3O. The first-order valence-electron chi connectivity index (χ1n) is 5.17. The lowest BCUT2D eigenvalue weighted by Gasteiger charge is -2.06. The van der Waals surface area contributed by atoms with Crippen LogP contribution in [0.3, 0.4) is 0 Å². The molecule has 84 valence electrons. The lowest BCUT2D eigenvalue weighted by Crippen LogP contribution is -2.09. The van der Waals surface area contributed by atoms with Crippen LogP contribution in [0, 0.1) is 5.82 Å². The van der Waals surface area contributed by atoms with Crippen LogP contribution >= 0.6 is 0 Å². The molecule has 0 amide bonds. The molecule has 1 aromatic carbocycles. The van der Waals surface area contributed by atoms with E-state index in [9.17, 15) is 9.18 Å². The zero-order valence-corrected chi connectivity index (χ0v) is 8.77. The number of halogens is 1. The van der Waals surface area contributed by atoms with Crippen LogP contribution in [0.2, 0.25) is 0 Å². The minimum atomic E-state index is -0.597. The summed E-state index contributed by atoms with van der Waals surface area (Å²) in [6.45, 7) is 0.622. The van der Waals surface area contributed by atoms with Gasteiger partial charge in [0.1, 0.15) is 16.9 Å². The van der Waals surface area contributed by atoms with Crippen LogP contribution in [0.5, 0.6) is 0 Å². The zero-order chi connectivity index (χ0) is 11.8. The van der Waals surface area contributed by atoms with Gasteiger partial charge in [-0.15, -0.1) is 0 Å². The van der Waals surface area contributed by atoms with Gasteiger partial charge in [-0.3, -0.25) is 4.79 Å². The lowest BCUT2D eigenvalue weighted by atomic mass is 10.2. The fourth-order valence-corrected chi connectivity index (χ4v) is 1.79. The van der Waals surface area contributed by atoms with Gasteiger partial charge in [0.2, 0.25) is 0 Å². The lowest BCUT2D eigenvalue weighted by molar-refractivity contribution is 0.638. The molecule has 0 aliphatic carbocycles. The molecule has 1 N–H and O–H groups in total. The van der Waals surface area contributed by atoms with Crippen molar-refractivity contribution in [2.45, 2.75) is 0 Å². The third-order valence-electron chi connectivity index (χ3n) is 2.57. The molecular weight excluding hydrogens is 221 g/mol. The molecule has 3 rings (SSSR count). The van der Waals surface area contributed by atoms with E-state index in [4.69, 9.17) is 0 Å². The number of nitrogens with one attached hydrogen (secondary N) is 1. The molecule has 2 aromatic rings. The van der Waals surface area contributed by atoms with Crippen molar-refractivity contribution in [1.29, 1.82) is 0 Å². The molecule has 1 aliphatic heterocycles. The van der Waals surface area contributed by atoms with Crippen molar-refractivity contribution in [1.82, 2.24) is 9.97 Å². The van der Waals surface area contributed by atoms with E-state index in [1.807, 2.05) is 6.08 Å². The fourth-order valence-electron chi connectivity index (χ4n) is 1.79. The molecule has 1 aromatic heterocycles. The van der Waals surface area contributed by atoms with Gasteiger partial charge in [-0.2, -0.15) is 0 Å². The van der Waals surface area contributed by atoms with E-state index in [2.05, 4.69) is 15.3 Å². The second-order valence-electron chi connectivity index (χ2n) is 3.68. The Kier molecular flexibility index (Phi) is 2.11. The first-order chi connectivity index (χ1) is 8.25. The normalized spacial score (nSPS) is 13.2. The van der Waals surface area contributed by atoms with Crippen LogP contribution in [0.15, 0.2) is 29.1 Å². The highest BCUT2D eigenvalue weighted by Gasteiger charge is 2.11. The maximum atomic E-state index is 13.6. The molecule has 0 unspecified atom stereocenters. The Morgan fingerprint density at radius 3 is 3.06 bits per heavy atom. The van der Waals surface area contributed by atoms with Crippen molar-refractivity contribution < 1.29 is 4.39 Å². The number of aromatic nitrogens is 2. The van der Waals surface area contributed by atoms with Gasteiger partial charge >= 0.3 is 0 Å². The van der Waals surface area contributed by atoms with Crippen molar-refractivity contribution in [2.75, 3.05) is 11.9 Å². The highest BCUT2D eigenvalue weighted by atomic mass is 19.1. The van der Waals surface area contributed by atoms with E-state index < -0.39 is 11.4 Å². The summed E-state index contributed by atoms with van der Waals surface area (Å²) in [7, 11) is 0. The molecule has 0 atom stereocenters. The van der Waals surface area contributed by atoms with Gasteiger partial charge in [0.25, 0.3) is 5.56 Å². The largest absolute Gasteiger partial charge is 0.365 e. The Morgan fingerprint density at radius 2 is 2.18 bits per heavy atom. The van der Waals surface area contributed by atoms with Gasteiger partial charge in [0, 0.05) is 6.54 Å². The summed E-state index contributed by atoms with van der Waals surface area (Å²) in [4.78, 5) is 19.9. The number of benzene rings is 1. The molecule has 4 nitrogen and oxygen atoms in total. The molecule has 0 spiro atoms. The molecule has 5 heteroatoms. The number of hydrogen-bond donors (Lipinski definition) is 1. The summed E-state index contributed by atoms with van der Waals surface area (Å²) in [6, 6.07) is 4.35. The maximum Gasteiger partial charge on any atom is 0.282 e. The van der Waals surface area contributed by atoms with Crippen molar-refractivity contribution >= 4 is 22.8 Å². The average Bonchev–Trinajstić information content (AvgIpc) is 2.45. The highest BCUT2D eigenvalue weighted by Crippen LogP contribution is 2.17. The fraction of sp³-hybridized carbons (Fsp3) is 0.0833. The number of hydrogen-bond acceptors (Lipinski definition) is 4. The first kappa shape index (κ1) is 9.89. The van der Waals surface area contributed by atoms with Gasteiger partial charge in [-0.05, 0) is 18.2 Å². The second kappa shape index (κ2) is 3.62. The minimum Gasteiger partial charge on any atom is -0.365 e. The van der Waals surface area contributed by atoms with Gasteiger partial charge in [0.05, 0.1) is 5.52 Å². The maximum absolute atomic E-state index is 13.6. The van der Waals surface area contributed by atoms with Crippen molar-refractivity contribution in [2.24, 2.45) is 0 Å². The van der Waals surface area contributed by atoms with Crippen LogP contribution in [-0.2, 0) is 0 Å². The quantitative estimate of drug-likeness (QED) is 0.745. The Hall–Kier alpha value is -2.30. The number of nitrogens with zero attached hydrogens (tertiary/aromatic N) is 2. The summed E-state index contributed by atoms with van der Waals surface area (Å²) in [5.74, 6) is -0.0889. The summed E-state index contributed by atoms with van der Waals surface area (Å²) >= 11 is 0. The Bertz CT molecular complexity index is 697. The SMILES string of the molecule is O=c1nc2c(nc3cccc(F)c13)NCC=C2. The molecule has 0 fully saturated rings. The third kappa shape index (κ3) is 1.56. The van der Waals surface area contributed by atoms with E-state index in [1.54, 1.807) is 12.1 Å². The van der Waals surface area contributed by atoms with E-state index >= 15 is 0 Å². The van der Waals surface area contributed by atoms with Crippen molar-refractivity contribution in [3.63, 3.8) is 0 Å². The van der Waals surface area contributed by atoms with Crippen molar-refractivity contribution in [3.8, 4) is 0 Å². The molecule has 0 saturated heterocycles. The second-order valence-corrected chi connectivity index (χ2v) is 3.68.